The molecule has 0 unspecified atom stereocenters. The molecule has 10 nitrogen and oxygen atoms in total. The molecule has 1 aliphatic rings. The first-order valence-electron chi connectivity index (χ1n) is 8.63. The van der Waals surface area contributed by atoms with Gasteiger partial charge in [-0.05, 0) is 17.7 Å². The van der Waals surface area contributed by atoms with Crippen LogP contribution in [-0.2, 0) is 26.2 Å². The minimum absolute atomic E-state index is 0.0757. The van der Waals surface area contributed by atoms with Gasteiger partial charge in [-0.25, -0.2) is 8.42 Å². The quantitative estimate of drug-likeness (QED) is 0.405. The summed E-state index contributed by atoms with van der Waals surface area (Å²) in [7, 11) is -3.98. The van der Waals surface area contributed by atoms with E-state index in [9.17, 15) is 23.3 Å². The third-order valence-electron chi connectivity index (χ3n) is 3.96. The van der Waals surface area contributed by atoms with Gasteiger partial charge in [-0.15, -0.1) is 0 Å². The Balaban J connectivity index is 1.57. The van der Waals surface area contributed by atoms with E-state index < -0.39 is 27.5 Å². The zero-order valence-electron chi connectivity index (χ0n) is 15.2. The van der Waals surface area contributed by atoms with E-state index in [0.717, 1.165) is 0 Å². The SMILES string of the molecule is O=C(CNS(=O)(=O)c1ccc2c(c1)OCCCO2)OCc1cccc([N+](=O)[O-])c1. The van der Waals surface area contributed by atoms with Gasteiger partial charge in [0.15, 0.2) is 11.5 Å². The van der Waals surface area contributed by atoms with Crippen LogP contribution in [0.15, 0.2) is 47.4 Å². The molecule has 2 aromatic carbocycles. The maximum Gasteiger partial charge on any atom is 0.321 e. The van der Waals surface area contributed by atoms with E-state index in [1.165, 1.54) is 36.4 Å². The molecule has 0 bridgehead atoms. The van der Waals surface area contributed by atoms with E-state index >= 15 is 0 Å². The first-order chi connectivity index (χ1) is 13.8. The Kier molecular flexibility index (Phi) is 6.29. The molecule has 0 saturated heterocycles. The summed E-state index contributed by atoms with van der Waals surface area (Å²) >= 11 is 0. The average molecular weight is 422 g/mol. The number of benzene rings is 2. The van der Waals surface area contributed by atoms with Gasteiger partial charge in [-0.3, -0.25) is 14.9 Å². The molecule has 1 aliphatic heterocycles. The molecule has 1 N–H and O–H groups in total. The van der Waals surface area contributed by atoms with Gasteiger partial charge >= 0.3 is 5.97 Å². The Bertz CT molecular complexity index is 1020. The second-order valence-corrected chi connectivity index (χ2v) is 7.84. The number of nitrogens with zero attached hydrogens (tertiary/aromatic N) is 1. The van der Waals surface area contributed by atoms with Crippen molar-refractivity contribution in [1.29, 1.82) is 0 Å². The van der Waals surface area contributed by atoms with Crippen LogP contribution in [0.4, 0.5) is 5.69 Å². The third kappa shape index (κ3) is 5.42. The first kappa shape index (κ1) is 20.6. The summed E-state index contributed by atoms with van der Waals surface area (Å²) in [5.74, 6) is -0.0501. The van der Waals surface area contributed by atoms with Crippen molar-refractivity contribution < 1.29 is 32.3 Å². The highest BCUT2D eigenvalue weighted by atomic mass is 32.2. The molecule has 0 fully saturated rings. The number of hydrogen-bond acceptors (Lipinski definition) is 8. The predicted molar refractivity (Wildman–Crippen MR) is 100 cm³/mol. The van der Waals surface area contributed by atoms with Crippen LogP contribution in [0.2, 0.25) is 0 Å². The fraction of sp³-hybridized carbons (Fsp3) is 0.278. The number of non-ortho nitro benzene ring substituents is 1. The number of nitro groups is 1. The topological polar surface area (TPSA) is 134 Å². The summed E-state index contributed by atoms with van der Waals surface area (Å²) in [6.45, 7) is 0.0830. The molecule has 0 aliphatic carbocycles. The lowest BCUT2D eigenvalue weighted by atomic mass is 10.2. The minimum atomic E-state index is -3.98. The van der Waals surface area contributed by atoms with Crippen LogP contribution in [0.5, 0.6) is 11.5 Å². The highest BCUT2D eigenvalue weighted by Gasteiger charge is 2.20. The van der Waals surface area contributed by atoms with E-state index in [1.54, 1.807) is 6.07 Å². The van der Waals surface area contributed by atoms with Gasteiger partial charge in [0, 0.05) is 24.6 Å². The highest BCUT2D eigenvalue weighted by molar-refractivity contribution is 7.89. The summed E-state index contributed by atoms with van der Waals surface area (Å²) < 4.78 is 42.9. The maximum atomic E-state index is 12.4. The predicted octanol–water partition coefficient (Wildman–Crippen LogP) is 1.78. The molecule has 0 aromatic heterocycles. The van der Waals surface area contributed by atoms with Crippen molar-refractivity contribution in [2.75, 3.05) is 19.8 Å². The number of sulfonamides is 1. The van der Waals surface area contributed by atoms with E-state index in [2.05, 4.69) is 4.72 Å². The molecule has 0 saturated carbocycles. The van der Waals surface area contributed by atoms with Crippen LogP contribution in [0.25, 0.3) is 0 Å². The van der Waals surface area contributed by atoms with E-state index in [1.807, 2.05) is 0 Å². The summed E-state index contributed by atoms with van der Waals surface area (Å²) in [6, 6.07) is 9.79. The smallest absolute Gasteiger partial charge is 0.321 e. The number of hydrogen-bond donors (Lipinski definition) is 1. The van der Waals surface area contributed by atoms with Gasteiger partial charge < -0.3 is 14.2 Å². The molecular weight excluding hydrogens is 404 g/mol. The van der Waals surface area contributed by atoms with Gasteiger partial charge in [0.1, 0.15) is 13.2 Å². The average Bonchev–Trinajstić information content (AvgIpc) is 2.96. The first-order valence-corrected chi connectivity index (χ1v) is 10.1. The molecule has 0 atom stereocenters. The molecule has 0 radical (unpaired) electrons. The van der Waals surface area contributed by atoms with Gasteiger partial charge in [0.2, 0.25) is 10.0 Å². The van der Waals surface area contributed by atoms with Crippen molar-refractivity contribution in [3.8, 4) is 11.5 Å². The Morgan fingerprint density at radius 3 is 2.66 bits per heavy atom. The Hall–Kier alpha value is -3.18. The van der Waals surface area contributed by atoms with Crippen LogP contribution in [-0.4, -0.2) is 39.1 Å². The third-order valence-corrected chi connectivity index (χ3v) is 5.36. The van der Waals surface area contributed by atoms with E-state index in [-0.39, 0.29) is 17.2 Å². The zero-order chi connectivity index (χ0) is 20.9. The number of carbonyl (C=O) groups excluding carboxylic acids is 1. The van der Waals surface area contributed by atoms with Gasteiger partial charge in [0.25, 0.3) is 5.69 Å². The van der Waals surface area contributed by atoms with Crippen LogP contribution >= 0.6 is 0 Å². The van der Waals surface area contributed by atoms with Gasteiger partial charge in [0.05, 0.1) is 23.0 Å². The number of esters is 1. The highest BCUT2D eigenvalue weighted by Crippen LogP contribution is 2.31. The van der Waals surface area contributed by atoms with E-state index in [0.29, 0.717) is 36.7 Å². The number of nitro benzene ring substituents is 1. The molecular formula is C18H18N2O8S. The number of rotatable bonds is 7. The molecule has 11 heteroatoms. The largest absolute Gasteiger partial charge is 0.490 e. The summed E-state index contributed by atoms with van der Waals surface area (Å²) in [5, 5.41) is 10.8. The lowest BCUT2D eigenvalue weighted by molar-refractivity contribution is -0.384. The Labute approximate surface area is 166 Å². The summed E-state index contributed by atoms with van der Waals surface area (Å²) in [6.07, 6.45) is 0.686. The maximum absolute atomic E-state index is 12.4. The fourth-order valence-corrected chi connectivity index (χ4v) is 3.51. The van der Waals surface area contributed by atoms with Gasteiger partial charge in [-0.2, -0.15) is 4.72 Å². The second kappa shape index (κ2) is 8.88. The standard InChI is InChI=1S/C18H18N2O8S/c21-18(28-12-13-3-1-4-14(9-13)20(22)23)11-19-29(24,25)15-5-6-16-17(10-15)27-8-2-7-26-16/h1,3-6,9-10,19H,2,7-8,11-12H2. The van der Waals surface area contributed by atoms with Crippen molar-refractivity contribution in [1.82, 2.24) is 4.72 Å². The Morgan fingerprint density at radius 1 is 1.14 bits per heavy atom. The van der Waals surface area contributed by atoms with Crippen molar-refractivity contribution in [3.63, 3.8) is 0 Å². The Morgan fingerprint density at radius 2 is 1.90 bits per heavy atom. The van der Waals surface area contributed by atoms with Crippen LogP contribution in [0, 0.1) is 10.1 Å². The minimum Gasteiger partial charge on any atom is -0.490 e. The molecule has 3 rings (SSSR count). The molecule has 0 spiro atoms. The zero-order valence-corrected chi connectivity index (χ0v) is 16.0. The van der Waals surface area contributed by atoms with Crippen molar-refractivity contribution in [3.05, 3.63) is 58.1 Å². The van der Waals surface area contributed by atoms with Gasteiger partial charge in [-0.1, -0.05) is 12.1 Å². The molecule has 1 heterocycles. The number of ether oxygens (including phenoxy) is 3. The molecule has 29 heavy (non-hydrogen) atoms. The number of nitrogens with one attached hydrogen (secondary N) is 1. The second-order valence-electron chi connectivity index (χ2n) is 6.07. The number of carbonyl (C=O) groups is 1. The molecule has 2 aromatic rings. The molecule has 154 valence electrons. The number of fused-ring (bicyclic) bond motifs is 1. The lowest BCUT2D eigenvalue weighted by Crippen LogP contribution is -2.30. The van der Waals surface area contributed by atoms with Crippen LogP contribution in [0.3, 0.4) is 0 Å². The van der Waals surface area contributed by atoms with E-state index in [4.69, 9.17) is 14.2 Å². The summed E-state index contributed by atoms with van der Waals surface area (Å²) in [4.78, 5) is 22.0. The normalized spacial score (nSPS) is 13.4. The lowest BCUT2D eigenvalue weighted by Gasteiger charge is -2.11. The monoisotopic (exact) mass is 422 g/mol. The van der Waals surface area contributed by atoms with Crippen molar-refractivity contribution in [2.24, 2.45) is 0 Å². The fourth-order valence-electron chi connectivity index (χ4n) is 2.52. The molecule has 0 amide bonds. The van der Waals surface area contributed by atoms with Crippen molar-refractivity contribution >= 4 is 21.7 Å². The van der Waals surface area contributed by atoms with Crippen LogP contribution < -0.4 is 14.2 Å². The summed E-state index contributed by atoms with van der Waals surface area (Å²) in [5.41, 5.74) is 0.284. The van der Waals surface area contributed by atoms with Crippen LogP contribution in [0.1, 0.15) is 12.0 Å². The van der Waals surface area contributed by atoms with Crippen molar-refractivity contribution in [2.45, 2.75) is 17.9 Å².